The van der Waals surface area contributed by atoms with Gasteiger partial charge >= 0.3 is 0 Å². The molecule has 2 aliphatic heterocycles. The molecule has 3 rings (SSSR count). The lowest BCUT2D eigenvalue weighted by Crippen LogP contribution is -2.41. The fourth-order valence-corrected chi connectivity index (χ4v) is 3.41. The van der Waals surface area contributed by atoms with Gasteiger partial charge in [0.1, 0.15) is 0 Å². The fraction of sp³-hybridized carbons (Fsp3) is 0.533. The average molecular weight is 324 g/mol. The van der Waals surface area contributed by atoms with E-state index in [-0.39, 0.29) is 17.9 Å². The lowest BCUT2D eigenvalue weighted by molar-refractivity contribution is -0.137. The van der Waals surface area contributed by atoms with E-state index >= 15 is 0 Å². The van der Waals surface area contributed by atoms with Crippen LogP contribution in [0.4, 0.5) is 0 Å². The maximum atomic E-state index is 12.5. The predicted octanol–water partition coefficient (Wildman–Crippen LogP) is 2.76. The molecule has 4 heteroatoms. The van der Waals surface area contributed by atoms with Gasteiger partial charge in [-0.25, -0.2) is 0 Å². The summed E-state index contributed by atoms with van der Waals surface area (Å²) in [5.41, 5.74) is 2.63. The summed E-state index contributed by atoms with van der Waals surface area (Å²) in [6, 6.07) is 6.33. The van der Waals surface area contributed by atoms with E-state index in [1.165, 1.54) is 11.1 Å². The van der Waals surface area contributed by atoms with E-state index in [2.05, 4.69) is 28.1 Å². The summed E-state index contributed by atoms with van der Waals surface area (Å²) in [7, 11) is 0. The molecule has 19 heavy (non-hydrogen) atoms. The highest BCUT2D eigenvalue weighted by Crippen LogP contribution is 2.27. The summed E-state index contributed by atoms with van der Waals surface area (Å²) in [5, 5.41) is 0. The monoisotopic (exact) mass is 323 g/mol. The largest absolute Gasteiger partial charge is 0.378 e. The number of hydrogen-bond donors (Lipinski definition) is 0. The van der Waals surface area contributed by atoms with E-state index < -0.39 is 0 Å². The maximum absolute atomic E-state index is 12.5. The molecule has 0 aromatic heterocycles. The summed E-state index contributed by atoms with van der Waals surface area (Å²) in [6.07, 6.45) is 1.88. The second kappa shape index (κ2) is 5.25. The Labute approximate surface area is 122 Å². The van der Waals surface area contributed by atoms with E-state index in [0.29, 0.717) is 0 Å². The Morgan fingerprint density at radius 3 is 3.00 bits per heavy atom. The first-order chi connectivity index (χ1) is 9.15. The van der Waals surface area contributed by atoms with Crippen LogP contribution in [-0.2, 0) is 22.5 Å². The van der Waals surface area contributed by atoms with Gasteiger partial charge in [0.15, 0.2) is 0 Å². The lowest BCUT2D eigenvalue weighted by Gasteiger charge is -2.31. The molecule has 0 saturated carbocycles. The van der Waals surface area contributed by atoms with Crippen LogP contribution in [0.15, 0.2) is 22.7 Å². The Bertz CT molecular complexity index is 503. The van der Waals surface area contributed by atoms with Crippen LogP contribution in [0.3, 0.4) is 0 Å². The topological polar surface area (TPSA) is 29.5 Å². The van der Waals surface area contributed by atoms with E-state index in [0.717, 1.165) is 37.0 Å². The molecule has 1 fully saturated rings. The third kappa shape index (κ3) is 2.56. The molecule has 0 spiro atoms. The van der Waals surface area contributed by atoms with Crippen LogP contribution < -0.4 is 0 Å². The van der Waals surface area contributed by atoms with Crippen LogP contribution in [0, 0.1) is 5.92 Å². The molecule has 0 N–H and O–H groups in total. The van der Waals surface area contributed by atoms with Crippen LogP contribution in [0.1, 0.15) is 24.5 Å². The van der Waals surface area contributed by atoms with Gasteiger partial charge in [-0.2, -0.15) is 0 Å². The number of nitrogens with zero attached hydrogens (tertiary/aromatic N) is 1. The first-order valence-corrected chi connectivity index (χ1v) is 7.62. The maximum Gasteiger partial charge on any atom is 0.228 e. The summed E-state index contributed by atoms with van der Waals surface area (Å²) < 4.78 is 6.62. The number of carbonyl (C=O) groups is 1. The van der Waals surface area contributed by atoms with Crippen LogP contribution in [0.2, 0.25) is 0 Å². The zero-order valence-corrected chi connectivity index (χ0v) is 12.6. The molecule has 1 aromatic rings. The average Bonchev–Trinajstić information content (AvgIpc) is 2.83. The van der Waals surface area contributed by atoms with Gasteiger partial charge in [0.05, 0.1) is 12.0 Å². The molecule has 2 atom stereocenters. The molecule has 2 aliphatic rings. The van der Waals surface area contributed by atoms with Gasteiger partial charge in [0.25, 0.3) is 0 Å². The van der Waals surface area contributed by atoms with Crippen molar-refractivity contribution >= 4 is 21.8 Å². The van der Waals surface area contributed by atoms with Crippen molar-refractivity contribution < 1.29 is 9.53 Å². The van der Waals surface area contributed by atoms with Gasteiger partial charge in [-0.15, -0.1) is 0 Å². The summed E-state index contributed by atoms with van der Waals surface area (Å²) >= 11 is 3.50. The second-order valence-electron chi connectivity index (χ2n) is 5.39. The lowest BCUT2D eigenvalue weighted by atomic mass is 9.96. The molecular weight excluding hydrogens is 306 g/mol. The quantitative estimate of drug-likeness (QED) is 0.795. The summed E-state index contributed by atoms with van der Waals surface area (Å²) in [5.74, 6) is 0.315. The Balaban J connectivity index is 1.75. The van der Waals surface area contributed by atoms with Crippen molar-refractivity contribution in [2.24, 2.45) is 5.92 Å². The van der Waals surface area contributed by atoms with Crippen LogP contribution in [0.5, 0.6) is 0 Å². The Morgan fingerprint density at radius 1 is 1.42 bits per heavy atom. The van der Waals surface area contributed by atoms with Crippen molar-refractivity contribution in [2.45, 2.75) is 32.4 Å². The van der Waals surface area contributed by atoms with Gasteiger partial charge in [-0.3, -0.25) is 4.79 Å². The number of amides is 1. The predicted molar refractivity (Wildman–Crippen MR) is 76.8 cm³/mol. The van der Waals surface area contributed by atoms with Gasteiger partial charge in [-0.05, 0) is 43.0 Å². The van der Waals surface area contributed by atoms with Crippen molar-refractivity contribution in [2.75, 3.05) is 13.2 Å². The zero-order valence-electron chi connectivity index (χ0n) is 11.1. The standard InChI is InChI=1S/C15H18BrNO2/c1-10-14(5-7-19-10)15(18)17-6-4-11-8-13(16)3-2-12(11)9-17/h2-3,8,10,14H,4-7,9H2,1H3/t10-,14+/m0/s1. The fourth-order valence-electron chi connectivity index (χ4n) is 3.00. The number of benzene rings is 1. The Kier molecular flexibility index (Phi) is 3.63. The molecule has 1 saturated heterocycles. The number of rotatable bonds is 1. The van der Waals surface area contributed by atoms with Crippen molar-refractivity contribution in [3.63, 3.8) is 0 Å². The van der Waals surface area contributed by atoms with E-state index in [9.17, 15) is 4.79 Å². The molecule has 2 heterocycles. The van der Waals surface area contributed by atoms with E-state index in [1.807, 2.05) is 17.9 Å². The minimum Gasteiger partial charge on any atom is -0.378 e. The molecule has 102 valence electrons. The molecular formula is C15H18BrNO2. The van der Waals surface area contributed by atoms with Crippen LogP contribution in [0.25, 0.3) is 0 Å². The van der Waals surface area contributed by atoms with Crippen molar-refractivity contribution in [1.82, 2.24) is 4.90 Å². The summed E-state index contributed by atoms with van der Waals surface area (Å²) in [6.45, 7) is 4.29. The van der Waals surface area contributed by atoms with Gasteiger partial charge in [0.2, 0.25) is 5.91 Å². The minimum atomic E-state index is 0.0528. The molecule has 3 nitrogen and oxygen atoms in total. The number of ether oxygens (including phenoxy) is 1. The van der Waals surface area contributed by atoms with Gasteiger partial charge in [0, 0.05) is 24.2 Å². The molecule has 0 aliphatic carbocycles. The SMILES string of the molecule is C[C@@H]1OCC[C@H]1C(=O)N1CCc2cc(Br)ccc2C1. The van der Waals surface area contributed by atoms with E-state index in [1.54, 1.807) is 0 Å². The third-order valence-electron chi connectivity index (χ3n) is 4.19. The zero-order chi connectivity index (χ0) is 13.4. The number of hydrogen-bond acceptors (Lipinski definition) is 2. The van der Waals surface area contributed by atoms with Gasteiger partial charge < -0.3 is 9.64 Å². The number of fused-ring (bicyclic) bond motifs is 1. The first-order valence-electron chi connectivity index (χ1n) is 6.83. The Hall–Kier alpha value is -0.870. The van der Waals surface area contributed by atoms with Gasteiger partial charge in [-0.1, -0.05) is 22.0 Å². The van der Waals surface area contributed by atoms with Crippen LogP contribution >= 0.6 is 15.9 Å². The Morgan fingerprint density at radius 2 is 2.26 bits per heavy atom. The molecule has 1 amide bonds. The van der Waals surface area contributed by atoms with Crippen molar-refractivity contribution in [3.05, 3.63) is 33.8 Å². The second-order valence-corrected chi connectivity index (χ2v) is 6.31. The molecule has 0 bridgehead atoms. The summed E-state index contributed by atoms with van der Waals surface area (Å²) in [4.78, 5) is 14.5. The number of carbonyl (C=O) groups excluding carboxylic acids is 1. The molecule has 0 radical (unpaired) electrons. The first kappa shape index (κ1) is 13.1. The molecule has 1 aromatic carbocycles. The minimum absolute atomic E-state index is 0.0528. The van der Waals surface area contributed by atoms with Crippen LogP contribution in [-0.4, -0.2) is 30.1 Å². The normalized spacial score (nSPS) is 26.3. The highest BCUT2D eigenvalue weighted by atomic mass is 79.9. The number of halogens is 1. The van der Waals surface area contributed by atoms with Crippen molar-refractivity contribution in [1.29, 1.82) is 0 Å². The smallest absolute Gasteiger partial charge is 0.228 e. The highest BCUT2D eigenvalue weighted by Gasteiger charge is 2.34. The van der Waals surface area contributed by atoms with E-state index in [4.69, 9.17) is 4.74 Å². The highest BCUT2D eigenvalue weighted by molar-refractivity contribution is 9.10. The third-order valence-corrected chi connectivity index (χ3v) is 4.68. The molecule has 0 unspecified atom stereocenters. The van der Waals surface area contributed by atoms with Crippen molar-refractivity contribution in [3.8, 4) is 0 Å².